The molecule has 0 radical (unpaired) electrons. The van der Waals surface area contributed by atoms with Crippen molar-refractivity contribution in [2.45, 2.75) is 44.2 Å². The molecule has 144 valence electrons. The molecule has 1 aliphatic carbocycles. The average Bonchev–Trinajstić information content (AvgIpc) is 3.10. The lowest BCUT2D eigenvalue weighted by molar-refractivity contribution is -0.123. The standard InChI is InChI=1S/C19H17F2N5OS/c1-19(2)15-16(23-4-3-22-15)26(17(19)27)11-7-10(8-11)24-18-25-14-12(21)5-9(20)6-13(14)28-18/h3-6,10-11H,7-8H2,1-2H3,(H,24,25). The van der Waals surface area contributed by atoms with Gasteiger partial charge in [0.2, 0.25) is 5.91 Å². The molecule has 5 rings (SSSR count). The van der Waals surface area contributed by atoms with Crippen LogP contribution in [0, 0.1) is 11.6 Å². The molecule has 28 heavy (non-hydrogen) atoms. The normalized spacial score (nSPS) is 23.0. The fraction of sp³-hybridized carbons (Fsp3) is 0.368. The number of halogens is 2. The monoisotopic (exact) mass is 401 g/mol. The number of nitrogens with one attached hydrogen (secondary N) is 1. The zero-order valence-electron chi connectivity index (χ0n) is 15.2. The van der Waals surface area contributed by atoms with Crippen molar-refractivity contribution in [3.8, 4) is 0 Å². The summed E-state index contributed by atoms with van der Waals surface area (Å²) in [5.41, 5.74) is 0.196. The van der Waals surface area contributed by atoms with E-state index >= 15 is 0 Å². The number of fused-ring (bicyclic) bond motifs is 2. The van der Waals surface area contributed by atoms with E-state index in [1.54, 1.807) is 17.3 Å². The van der Waals surface area contributed by atoms with Crippen molar-refractivity contribution >= 4 is 38.4 Å². The van der Waals surface area contributed by atoms with E-state index < -0.39 is 17.0 Å². The molecule has 2 aromatic heterocycles. The van der Waals surface area contributed by atoms with Gasteiger partial charge in [-0.25, -0.2) is 18.7 Å². The summed E-state index contributed by atoms with van der Waals surface area (Å²) in [5.74, 6) is -0.627. The van der Waals surface area contributed by atoms with E-state index in [4.69, 9.17) is 0 Å². The number of carbonyl (C=O) groups excluding carboxylic acids is 1. The third-order valence-corrected chi connectivity index (χ3v) is 6.41. The Morgan fingerprint density at radius 2 is 1.96 bits per heavy atom. The fourth-order valence-corrected chi connectivity index (χ4v) is 4.88. The van der Waals surface area contributed by atoms with E-state index in [1.807, 2.05) is 13.8 Å². The molecule has 0 unspecified atom stereocenters. The molecule has 3 aromatic rings. The minimum absolute atomic E-state index is 0.00897. The molecule has 6 nitrogen and oxygen atoms in total. The molecule has 3 heterocycles. The zero-order valence-corrected chi connectivity index (χ0v) is 16.1. The molecular weight excluding hydrogens is 384 g/mol. The van der Waals surface area contributed by atoms with Crippen LogP contribution in [0.5, 0.6) is 0 Å². The molecule has 1 fully saturated rings. The summed E-state index contributed by atoms with van der Waals surface area (Å²) in [7, 11) is 0. The molecule has 1 saturated carbocycles. The summed E-state index contributed by atoms with van der Waals surface area (Å²) in [6.07, 6.45) is 4.66. The second-order valence-corrected chi connectivity index (χ2v) is 8.78. The highest BCUT2D eigenvalue weighted by Gasteiger charge is 2.51. The number of hydrogen-bond donors (Lipinski definition) is 1. The van der Waals surface area contributed by atoms with E-state index in [2.05, 4.69) is 20.3 Å². The van der Waals surface area contributed by atoms with Crippen LogP contribution < -0.4 is 10.2 Å². The number of anilines is 2. The Bertz CT molecular complexity index is 1110. The van der Waals surface area contributed by atoms with Crippen LogP contribution in [0.4, 0.5) is 19.7 Å². The molecule has 9 heteroatoms. The van der Waals surface area contributed by atoms with Crippen molar-refractivity contribution in [1.29, 1.82) is 0 Å². The van der Waals surface area contributed by atoms with Gasteiger partial charge < -0.3 is 5.32 Å². The van der Waals surface area contributed by atoms with Crippen molar-refractivity contribution in [1.82, 2.24) is 15.0 Å². The highest BCUT2D eigenvalue weighted by Crippen LogP contribution is 2.43. The van der Waals surface area contributed by atoms with Gasteiger partial charge in [-0.15, -0.1) is 0 Å². The number of thiazole rings is 1. The second kappa shape index (κ2) is 5.91. The first kappa shape index (κ1) is 17.4. The van der Waals surface area contributed by atoms with Crippen LogP contribution in [-0.4, -0.2) is 32.9 Å². The van der Waals surface area contributed by atoms with Gasteiger partial charge in [-0.1, -0.05) is 11.3 Å². The molecule has 0 saturated heterocycles. The molecule has 1 aromatic carbocycles. The fourth-order valence-electron chi connectivity index (χ4n) is 3.90. The number of rotatable bonds is 3. The third kappa shape index (κ3) is 2.49. The first-order valence-corrected chi connectivity index (χ1v) is 9.83. The topological polar surface area (TPSA) is 71.0 Å². The lowest BCUT2D eigenvalue weighted by Gasteiger charge is -2.41. The Labute approximate surface area is 163 Å². The van der Waals surface area contributed by atoms with Gasteiger partial charge in [0.1, 0.15) is 11.3 Å². The van der Waals surface area contributed by atoms with E-state index in [0.717, 1.165) is 18.9 Å². The summed E-state index contributed by atoms with van der Waals surface area (Å²) in [5, 5.41) is 3.82. The number of carbonyl (C=O) groups is 1. The quantitative estimate of drug-likeness (QED) is 0.726. The average molecular weight is 401 g/mol. The minimum Gasteiger partial charge on any atom is -0.359 e. The van der Waals surface area contributed by atoms with E-state index in [-0.39, 0.29) is 23.5 Å². The van der Waals surface area contributed by atoms with Gasteiger partial charge >= 0.3 is 0 Å². The SMILES string of the molecule is CC1(C)C(=O)N(C2CC(Nc3nc4c(F)cc(F)cc4s3)C2)c2nccnc21. The Morgan fingerprint density at radius 3 is 2.75 bits per heavy atom. The lowest BCUT2D eigenvalue weighted by atomic mass is 9.85. The molecule has 0 spiro atoms. The smallest absolute Gasteiger partial charge is 0.240 e. The molecule has 0 bridgehead atoms. The number of nitrogens with zero attached hydrogens (tertiary/aromatic N) is 4. The molecular formula is C19H17F2N5OS. The molecule has 1 aliphatic heterocycles. The van der Waals surface area contributed by atoms with Crippen LogP contribution in [0.2, 0.25) is 0 Å². The summed E-state index contributed by atoms with van der Waals surface area (Å²) in [6.45, 7) is 3.73. The summed E-state index contributed by atoms with van der Waals surface area (Å²) < 4.78 is 27.7. The first-order chi connectivity index (χ1) is 13.3. The van der Waals surface area contributed by atoms with Crippen LogP contribution >= 0.6 is 11.3 Å². The van der Waals surface area contributed by atoms with Gasteiger partial charge in [0.05, 0.1) is 15.8 Å². The van der Waals surface area contributed by atoms with Crippen LogP contribution in [0.25, 0.3) is 10.2 Å². The zero-order chi connectivity index (χ0) is 19.6. The van der Waals surface area contributed by atoms with Gasteiger partial charge in [-0.3, -0.25) is 14.7 Å². The van der Waals surface area contributed by atoms with Crippen molar-refractivity contribution in [3.63, 3.8) is 0 Å². The molecule has 0 atom stereocenters. The maximum atomic E-state index is 13.8. The summed E-state index contributed by atoms with van der Waals surface area (Å²) >= 11 is 1.22. The van der Waals surface area contributed by atoms with Crippen molar-refractivity contribution in [2.24, 2.45) is 0 Å². The Balaban J connectivity index is 1.32. The van der Waals surface area contributed by atoms with Crippen LogP contribution in [0.15, 0.2) is 24.5 Å². The van der Waals surface area contributed by atoms with E-state index in [0.29, 0.717) is 21.3 Å². The van der Waals surface area contributed by atoms with Crippen LogP contribution in [-0.2, 0) is 10.2 Å². The Hall–Kier alpha value is -2.68. The van der Waals surface area contributed by atoms with Crippen molar-refractivity contribution in [2.75, 3.05) is 10.2 Å². The predicted molar refractivity (Wildman–Crippen MR) is 103 cm³/mol. The van der Waals surface area contributed by atoms with Gasteiger partial charge in [0.15, 0.2) is 16.8 Å². The molecule has 1 N–H and O–H groups in total. The predicted octanol–water partition coefficient (Wildman–Crippen LogP) is 3.63. The highest BCUT2D eigenvalue weighted by atomic mass is 32.1. The van der Waals surface area contributed by atoms with Gasteiger partial charge in [-0.05, 0) is 32.8 Å². The van der Waals surface area contributed by atoms with Gasteiger partial charge in [0.25, 0.3) is 0 Å². The maximum absolute atomic E-state index is 13.8. The molecule has 1 amide bonds. The summed E-state index contributed by atoms with van der Waals surface area (Å²) in [4.78, 5) is 27.6. The highest BCUT2D eigenvalue weighted by molar-refractivity contribution is 7.22. The Kier molecular flexibility index (Phi) is 3.67. The first-order valence-electron chi connectivity index (χ1n) is 9.02. The lowest BCUT2D eigenvalue weighted by Crippen LogP contribution is -2.53. The number of aromatic nitrogens is 3. The Morgan fingerprint density at radius 1 is 1.21 bits per heavy atom. The number of hydrogen-bond acceptors (Lipinski definition) is 6. The van der Waals surface area contributed by atoms with Gasteiger partial charge in [-0.2, -0.15) is 0 Å². The largest absolute Gasteiger partial charge is 0.359 e. The van der Waals surface area contributed by atoms with Crippen molar-refractivity contribution < 1.29 is 13.6 Å². The summed E-state index contributed by atoms with van der Waals surface area (Å²) in [6, 6.07) is 2.26. The minimum atomic E-state index is -0.684. The van der Waals surface area contributed by atoms with Crippen LogP contribution in [0.3, 0.4) is 0 Å². The third-order valence-electron chi connectivity index (χ3n) is 5.47. The maximum Gasteiger partial charge on any atom is 0.240 e. The van der Waals surface area contributed by atoms with Crippen LogP contribution in [0.1, 0.15) is 32.4 Å². The number of amides is 1. The molecule has 2 aliphatic rings. The second-order valence-electron chi connectivity index (χ2n) is 7.75. The van der Waals surface area contributed by atoms with Crippen molar-refractivity contribution in [3.05, 3.63) is 41.9 Å². The van der Waals surface area contributed by atoms with E-state index in [9.17, 15) is 13.6 Å². The van der Waals surface area contributed by atoms with E-state index in [1.165, 1.54) is 17.4 Å². The number of benzene rings is 1. The van der Waals surface area contributed by atoms with Gasteiger partial charge in [0, 0.05) is 30.5 Å².